The number of rotatable bonds is 3. The molecule has 17 heavy (non-hydrogen) atoms. The Morgan fingerprint density at radius 3 is 2.65 bits per heavy atom. The van der Waals surface area contributed by atoms with Crippen LogP contribution in [-0.2, 0) is 4.43 Å². The molecular formula is C12H10INO3. The lowest BCUT2D eigenvalue weighted by molar-refractivity contribution is -0.385. The predicted octanol–water partition coefficient (Wildman–Crippen LogP) is 3.69. The molecule has 0 unspecified atom stereocenters. The highest BCUT2D eigenvalue weighted by Gasteiger charge is 2.14. The lowest BCUT2D eigenvalue weighted by Crippen LogP contribution is -1.94. The fraction of sp³-hybridized carbons (Fsp3) is 0.167. The van der Waals surface area contributed by atoms with Gasteiger partial charge < -0.3 is 4.74 Å². The summed E-state index contributed by atoms with van der Waals surface area (Å²) in [6.45, 7) is 0. The van der Waals surface area contributed by atoms with Crippen molar-refractivity contribution in [2.24, 2.45) is 0 Å². The number of hydrogen-bond donors (Lipinski definition) is 0. The molecule has 0 heterocycles. The molecule has 5 heteroatoms. The lowest BCUT2D eigenvalue weighted by Gasteiger charge is -2.05. The number of fused-ring (bicyclic) bond motifs is 1. The molecule has 0 radical (unpaired) electrons. The Morgan fingerprint density at radius 1 is 1.29 bits per heavy atom. The zero-order valence-corrected chi connectivity index (χ0v) is 11.3. The summed E-state index contributed by atoms with van der Waals surface area (Å²) in [4.78, 5) is 10.6. The van der Waals surface area contributed by atoms with Crippen molar-refractivity contribution in [3.05, 3.63) is 46.0 Å². The highest BCUT2D eigenvalue weighted by Crippen LogP contribution is 2.29. The first-order valence-corrected chi connectivity index (χ1v) is 6.49. The molecule has 0 spiro atoms. The number of hydrogen-bond acceptors (Lipinski definition) is 3. The summed E-state index contributed by atoms with van der Waals surface area (Å²) >= 11 is 2.13. The van der Waals surface area contributed by atoms with Crippen molar-refractivity contribution in [2.45, 2.75) is 4.43 Å². The molecule has 4 nitrogen and oxygen atoms in total. The van der Waals surface area contributed by atoms with E-state index < -0.39 is 0 Å². The van der Waals surface area contributed by atoms with Crippen LogP contribution < -0.4 is 4.74 Å². The van der Waals surface area contributed by atoms with Crippen LogP contribution in [0.1, 0.15) is 5.56 Å². The fourth-order valence-corrected chi connectivity index (χ4v) is 2.33. The van der Waals surface area contributed by atoms with E-state index in [0.29, 0.717) is 4.43 Å². The van der Waals surface area contributed by atoms with E-state index >= 15 is 0 Å². The molecule has 0 amide bonds. The number of alkyl halides is 1. The van der Waals surface area contributed by atoms with E-state index in [1.165, 1.54) is 0 Å². The molecule has 0 N–H and O–H groups in total. The second-order valence-electron chi connectivity index (χ2n) is 3.58. The minimum absolute atomic E-state index is 0.178. The molecule has 0 aromatic heterocycles. The Kier molecular flexibility index (Phi) is 3.46. The van der Waals surface area contributed by atoms with Crippen molar-refractivity contribution in [1.82, 2.24) is 0 Å². The maximum atomic E-state index is 10.9. The van der Waals surface area contributed by atoms with E-state index in [9.17, 15) is 10.1 Å². The van der Waals surface area contributed by atoms with Crippen molar-refractivity contribution in [1.29, 1.82) is 0 Å². The highest BCUT2D eigenvalue weighted by molar-refractivity contribution is 14.1. The van der Waals surface area contributed by atoms with Crippen LogP contribution in [0.4, 0.5) is 5.69 Å². The van der Waals surface area contributed by atoms with Crippen molar-refractivity contribution >= 4 is 39.1 Å². The van der Waals surface area contributed by atoms with Gasteiger partial charge in [0, 0.05) is 16.1 Å². The maximum Gasteiger partial charge on any atom is 0.274 e. The van der Waals surface area contributed by atoms with Crippen molar-refractivity contribution in [3.8, 4) is 5.75 Å². The van der Waals surface area contributed by atoms with Gasteiger partial charge in [-0.15, -0.1) is 0 Å². The monoisotopic (exact) mass is 343 g/mol. The number of methoxy groups -OCH3 is 1. The maximum absolute atomic E-state index is 10.9. The van der Waals surface area contributed by atoms with Gasteiger partial charge in [-0.2, -0.15) is 0 Å². The van der Waals surface area contributed by atoms with Gasteiger partial charge in [0.25, 0.3) is 5.69 Å². The predicted molar refractivity (Wildman–Crippen MR) is 74.9 cm³/mol. The van der Waals surface area contributed by atoms with E-state index in [1.807, 2.05) is 18.2 Å². The van der Waals surface area contributed by atoms with Crippen LogP contribution in [0.2, 0.25) is 0 Å². The van der Waals surface area contributed by atoms with Crippen LogP contribution in [0.5, 0.6) is 5.75 Å². The number of halogens is 1. The molecule has 0 fully saturated rings. The average molecular weight is 343 g/mol. The second-order valence-corrected chi connectivity index (χ2v) is 4.35. The van der Waals surface area contributed by atoms with Gasteiger partial charge in [0.05, 0.1) is 12.0 Å². The van der Waals surface area contributed by atoms with E-state index in [-0.39, 0.29) is 10.6 Å². The summed E-state index contributed by atoms with van der Waals surface area (Å²) in [5, 5.41) is 12.7. The molecule has 2 aromatic carbocycles. The summed E-state index contributed by atoms with van der Waals surface area (Å²) in [6, 6.07) is 8.98. The summed E-state index contributed by atoms with van der Waals surface area (Å²) in [5.41, 5.74) is 0.911. The Bertz CT molecular complexity index is 583. The Labute approximate surface area is 112 Å². The molecule has 88 valence electrons. The minimum Gasteiger partial charge on any atom is -0.497 e. The number of nitro groups is 1. The van der Waals surface area contributed by atoms with Crippen LogP contribution >= 0.6 is 22.6 Å². The van der Waals surface area contributed by atoms with Gasteiger partial charge in [-0.1, -0.05) is 28.7 Å². The molecule has 2 aromatic rings. The Balaban J connectivity index is 2.69. The van der Waals surface area contributed by atoms with Gasteiger partial charge in [-0.3, -0.25) is 10.1 Å². The molecule has 0 aliphatic carbocycles. The Morgan fingerprint density at radius 2 is 2.06 bits per heavy atom. The second kappa shape index (κ2) is 4.87. The topological polar surface area (TPSA) is 52.4 Å². The van der Waals surface area contributed by atoms with E-state index in [2.05, 4.69) is 22.6 Å². The largest absolute Gasteiger partial charge is 0.497 e. The summed E-state index contributed by atoms with van der Waals surface area (Å²) in [7, 11) is 1.60. The Hall–Kier alpha value is -1.37. The quantitative estimate of drug-likeness (QED) is 0.370. The third kappa shape index (κ3) is 2.33. The van der Waals surface area contributed by atoms with E-state index in [1.54, 1.807) is 19.2 Å². The minimum atomic E-state index is -0.336. The lowest BCUT2D eigenvalue weighted by atomic mass is 10.1. The number of nitrogens with zero attached hydrogens (tertiary/aromatic N) is 1. The summed E-state index contributed by atoms with van der Waals surface area (Å²) < 4.78 is 5.75. The zero-order valence-electron chi connectivity index (χ0n) is 9.14. The first-order chi connectivity index (χ1) is 8.15. The van der Waals surface area contributed by atoms with Gasteiger partial charge >= 0.3 is 0 Å². The number of ether oxygens (including phenoxy) is 1. The van der Waals surface area contributed by atoms with Crippen LogP contribution in [-0.4, -0.2) is 12.0 Å². The summed E-state index contributed by atoms with van der Waals surface area (Å²) in [5.74, 6) is 0.755. The van der Waals surface area contributed by atoms with Crippen molar-refractivity contribution in [3.63, 3.8) is 0 Å². The van der Waals surface area contributed by atoms with Gasteiger partial charge in [-0.25, -0.2) is 0 Å². The smallest absolute Gasteiger partial charge is 0.274 e. The average Bonchev–Trinajstić information content (AvgIpc) is 2.36. The highest BCUT2D eigenvalue weighted by atomic mass is 127. The number of nitro benzene ring substituents is 1. The SMILES string of the molecule is COc1ccc2cc([N+](=O)[O-])c(CI)cc2c1. The van der Waals surface area contributed by atoms with Crippen LogP contribution in [0.25, 0.3) is 10.8 Å². The number of benzene rings is 2. The third-order valence-electron chi connectivity index (χ3n) is 2.59. The molecule has 2 rings (SSSR count). The first kappa shape index (κ1) is 12.1. The van der Waals surface area contributed by atoms with Gasteiger partial charge in [0.2, 0.25) is 0 Å². The van der Waals surface area contributed by atoms with Crippen LogP contribution in [0.3, 0.4) is 0 Å². The van der Waals surface area contributed by atoms with Crippen molar-refractivity contribution < 1.29 is 9.66 Å². The standard InChI is InChI=1S/C12H10INO3/c1-17-11-3-2-8-6-12(14(15)16)10(7-13)4-9(8)5-11/h2-6H,7H2,1H3. The molecule has 0 saturated heterocycles. The van der Waals surface area contributed by atoms with E-state index in [4.69, 9.17) is 4.74 Å². The molecule has 0 saturated carbocycles. The van der Waals surface area contributed by atoms with Crippen molar-refractivity contribution in [2.75, 3.05) is 7.11 Å². The third-order valence-corrected chi connectivity index (χ3v) is 3.41. The van der Waals surface area contributed by atoms with Crippen LogP contribution in [0.15, 0.2) is 30.3 Å². The molecule has 0 aliphatic rings. The van der Waals surface area contributed by atoms with Gasteiger partial charge in [-0.05, 0) is 29.0 Å². The molecular weight excluding hydrogens is 333 g/mol. The molecule has 0 bridgehead atoms. The molecule has 0 aliphatic heterocycles. The fourth-order valence-electron chi connectivity index (χ4n) is 1.71. The molecule has 0 atom stereocenters. The van der Waals surface area contributed by atoms with Gasteiger partial charge in [0.1, 0.15) is 5.75 Å². The first-order valence-electron chi connectivity index (χ1n) is 4.96. The normalized spacial score (nSPS) is 10.5. The van der Waals surface area contributed by atoms with E-state index in [0.717, 1.165) is 22.1 Å². The zero-order chi connectivity index (χ0) is 12.4. The summed E-state index contributed by atoms with van der Waals surface area (Å²) in [6.07, 6.45) is 0. The van der Waals surface area contributed by atoms with Crippen LogP contribution in [0, 0.1) is 10.1 Å². The van der Waals surface area contributed by atoms with Gasteiger partial charge in [0.15, 0.2) is 0 Å².